The molecule has 1 rings (SSSR count). The Balaban J connectivity index is 2.13. The molecule has 2 heteroatoms. The molecule has 0 radical (unpaired) electrons. The van der Waals surface area contributed by atoms with E-state index in [4.69, 9.17) is 0 Å². The normalized spacial score (nSPS) is 21.8. The van der Waals surface area contributed by atoms with E-state index in [-0.39, 0.29) is 0 Å². The predicted molar refractivity (Wildman–Crippen MR) is 53.2 cm³/mol. The van der Waals surface area contributed by atoms with Crippen LogP contribution < -0.4 is 0 Å². The predicted octanol–water partition coefficient (Wildman–Crippen LogP) is 2.50. The summed E-state index contributed by atoms with van der Waals surface area (Å²) in [6.07, 6.45) is 4.37. The maximum atomic E-state index is 3.50. The lowest BCUT2D eigenvalue weighted by molar-refractivity contribution is 0.179. The molecule has 0 aliphatic heterocycles. The van der Waals surface area contributed by atoms with Gasteiger partial charge in [0.25, 0.3) is 0 Å². The van der Waals surface area contributed by atoms with E-state index in [1.807, 2.05) is 0 Å². The van der Waals surface area contributed by atoms with Crippen LogP contribution >= 0.6 is 15.9 Å². The largest absolute Gasteiger partial charge is 0.303 e. The van der Waals surface area contributed by atoms with Crippen LogP contribution in [0.2, 0.25) is 0 Å². The summed E-state index contributed by atoms with van der Waals surface area (Å²) >= 11 is 3.50. The van der Waals surface area contributed by atoms with Crippen LogP contribution in [0.3, 0.4) is 0 Å². The molecule has 1 atom stereocenters. The summed E-state index contributed by atoms with van der Waals surface area (Å²) in [6, 6.07) is 0.690. The minimum Gasteiger partial charge on any atom is -0.303 e. The van der Waals surface area contributed by atoms with Crippen molar-refractivity contribution in [2.24, 2.45) is 5.92 Å². The van der Waals surface area contributed by atoms with Gasteiger partial charge in [0, 0.05) is 17.9 Å². The minimum atomic E-state index is 0.690. The van der Waals surface area contributed by atoms with Gasteiger partial charge in [-0.3, -0.25) is 0 Å². The SMILES string of the molecule is CC(CBr)N(C)CC1CCC1. The average Bonchev–Trinajstić information content (AvgIpc) is 1.94. The van der Waals surface area contributed by atoms with Crippen molar-refractivity contribution in [2.75, 3.05) is 18.9 Å². The first-order valence-electron chi connectivity index (χ1n) is 4.50. The van der Waals surface area contributed by atoms with E-state index < -0.39 is 0 Å². The number of rotatable bonds is 4. The molecule has 1 saturated carbocycles. The highest BCUT2D eigenvalue weighted by molar-refractivity contribution is 9.09. The van der Waals surface area contributed by atoms with Crippen LogP contribution in [0.15, 0.2) is 0 Å². The summed E-state index contributed by atoms with van der Waals surface area (Å²) < 4.78 is 0. The Morgan fingerprint density at radius 1 is 1.55 bits per heavy atom. The van der Waals surface area contributed by atoms with Crippen LogP contribution in [0, 0.1) is 5.92 Å². The summed E-state index contributed by atoms with van der Waals surface area (Å²) in [5.74, 6) is 1.00. The van der Waals surface area contributed by atoms with Crippen molar-refractivity contribution in [3.63, 3.8) is 0 Å². The third kappa shape index (κ3) is 2.75. The van der Waals surface area contributed by atoms with Gasteiger partial charge in [-0.25, -0.2) is 0 Å². The van der Waals surface area contributed by atoms with Crippen molar-refractivity contribution in [1.29, 1.82) is 0 Å². The molecule has 1 unspecified atom stereocenters. The third-order valence-electron chi connectivity index (χ3n) is 2.75. The molecule has 0 amide bonds. The maximum absolute atomic E-state index is 3.50. The van der Waals surface area contributed by atoms with Gasteiger partial charge in [0.05, 0.1) is 0 Å². The average molecular weight is 220 g/mol. The molecule has 0 saturated heterocycles. The molecule has 1 aliphatic rings. The Kier molecular flexibility index (Phi) is 3.86. The zero-order valence-electron chi connectivity index (χ0n) is 7.52. The van der Waals surface area contributed by atoms with Gasteiger partial charge in [0.2, 0.25) is 0 Å². The molecule has 0 aromatic carbocycles. The number of nitrogens with zero attached hydrogens (tertiary/aromatic N) is 1. The molecule has 0 heterocycles. The number of hydrogen-bond acceptors (Lipinski definition) is 1. The molecule has 0 bridgehead atoms. The van der Waals surface area contributed by atoms with E-state index in [2.05, 4.69) is 34.8 Å². The Morgan fingerprint density at radius 3 is 2.55 bits per heavy atom. The highest BCUT2D eigenvalue weighted by atomic mass is 79.9. The molecule has 0 aromatic rings. The second-order valence-electron chi connectivity index (χ2n) is 3.74. The van der Waals surface area contributed by atoms with Crippen molar-refractivity contribution < 1.29 is 0 Å². The van der Waals surface area contributed by atoms with Crippen molar-refractivity contribution in [3.05, 3.63) is 0 Å². The zero-order chi connectivity index (χ0) is 8.27. The van der Waals surface area contributed by atoms with Crippen LogP contribution in [-0.4, -0.2) is 29.9 Å². The van der Waals surface area contributed by atoms with Crippen LogP contribution in [0.1, 0.15) is 26.2 Å². The van der Waals surface area contributed by atoms with Crippen molar-refractivity contribution in [2.45, 2.75) is 32.2 Å². The first-order chi connectivity index (χ1) is 5.24. The first-order valence-corrected chi connectivity index (χ1v) is 5.62. The number of hydrogen-bond donors (Lipinski definition) is 0. The van der Waals surface area contributed by atoms with Crippen LogP contribution in [0.25, 0.3) is 0 Å². The third-order valence-corrected chi connectivity index (χ3v) is 3.68. The van der Waals surface area contributed by atoms with Crippen LogP contribution in [0.4, 0.5) is 0 Å². The fraction of sp³-hybridized carbons (Fsp3) is 1.00. The molecule has 1 nitrogen and oxygen atoms in total. The molecular weight excluding hydrogens is 202 g/mol. The van der Waals surface area contributed by atoms with Gasteiger partial charge in [-0.15, -0.1) is 0 Å². The molecule has 1 fully saturated rings. The quantitative estimate of drug-likeness (QED) is 0.658. The highest BCUT2D eigenvalue weighted by Gasteiger charge is 2.20. The topological polar surface area (TPSA) is 3.24 Å². The fourth-order valence-corrected chi connectivity index (χ4v) is 1.87. The van der Waals surface area contributed by atoms with E-state index in [9.17, 15) is 0 Å². The van der Waals surface area contributed by atoms with Crippen LogP contribution in [-0.2, 0) is 0 Å². The monoisotopic (exact) mass is 219 g/mol. The lowest BCUT2D eigenvalue weighted by Gasteiger charge is -2.32. The summed E-state index contributed by atoms with van der Waals surface area (Å²) in [7, 11) is 2.23. The Morgan fingerprint density at radius 2 is 2.18 bits per heavy atom. The molecule has 0 spiro atoms. The zero-order valence-corrected chi connectivity index (χ0v) is 9.10. The van der Waals surface area contributed by atoms with Crippen molar-refractivity contribution in [3.8, 4) is 0 Å². The Hall–Kier alpha value is 0.440. The van der Waals surface area contributed by atoms with E-state index in [1.165, 1.54) is 25.8 Å². The Labute approximate surface area is 78.3 Å². The second kappa shape index (κ2) is 4.46. The molecule has 0 aromatic heterocycles. The van der Waals surface area contributed by atoms with Crippen LogP contribution in [0.5, 0.6) is 0 Å². The fourth-order valence-electron chi connectivity index (χ4n) is 1.38. The second-order valence-corrected chi connectivity index (χ2v) is 4.39. The summed E-state index contributed by atoms with van der Waals surface area (Å²) in [4.78, 5) is 2.46. The van der Waals surface area contributed by atoms with Gasteiger partial charge in [0.15, 0.2) is 0 Å². The molecular formula is C9H18BrN. The van der Waals surface area contributed by atoms with E-state index >= 15 is 0 Å². The molecule has 66 valence electrons. The highest BCUT2D eigenvalue weighted by Crippen LogP contribution is 2.27. The van der Waals surface area contributed by atoms with Gasteiger partial charge >= 0.3 is 0 Å². The van der Waals surface area contributed by atoms with Crippen molar-refractivity contribution in [1.82, 2.24) is 4.90 Å². The maximum Gasteiger partial charge on any atom is 0.0185 e. The number of halogens is 1. The summed E-state index contributed by atoms with van der Waals surface area (Å²) in [5, 5.41) is 1.09. The smallest absolute Gasteiger partial charge is 0.0185 e. The Bertz CT molecular complexity index is 112. The minimum absolute atomic E-state index is 0.690. The lowest BCUT2D eigenvalue weighted by atomic mass is 9.85. The summed E-state index contributed by atoms with van der Waals surface area (Å²) in [6.45, 7) is 3.57. The van der Waals surface area contributed by atoms with Crippen molar-refractivity contribution >= 4 is 15.9 Å². The van der Waals surface area contributed by atoms with Gasteiger partial charge in [-0.1, -0.05) is 22.4 Å². The molecule has 1 aliphatic carbocycles. The lowest BCUT2D eigenvalue weighted by Crippen LogP contribution is -2.36. The van der Waals surface area contributed by atoms with Gasteiger partial charge in [-0.05, 0) is 32.7 Å². The molecule has 11 heavy (non-hydrogen) atoms. The molecule has 0 N–H and O–H groups in total. The van der Waals surface area contributed by atoms with Gasteiger partial charge < -0.3 is 4.90 Å². The first kappa shape index (κ1) is 9.53. The van der Waals surface area contributed by atoms with Gasteiger partial charge in [0.1, 0.15) is 0 Å². The van der Waals surface area contributed by atoms with Gasteiger partial charge in [-0.2, -0.15) is 0 Å². The number of alkyl halides is 1. The van der Waals surface area contributed by atoms with E-state index in [0.29, 0.717) is 6.04 Å². The summed E-state index contributed by atoms with van der Waals surface area (Å²) in [5.41, 5.74) is 0. The van der Waals surface area contributed by atoms with E-state index in [0.717, 1.165) is 11.2 Å². The van der Waals surface area contributed by atoms with E-state index in [1.54, 1.807) is 0 Å². The standard InChI is InChI=1S/C9H18BrN/c1-8(6-10)11(2)7-9-4-3-5-9/h8-9H,3-7H2,1-2H3.